The molecule has 3 fully saturated rings. The van der Waals surface area contributed by atoms with Gasteiger partial charge in [-0.15, -0.1) is 0 Å². The number of hydrogen-bond acceptors (Lipinski definition) is 2. The summed E-state index contributed by atoms with van der Waals surface area (Å²) in [4.78, 5) is 0. The topological polar surface area (TPSA) is 40.5 Å². The van der Waals surface area contributed by atoms with Crippen molar-refractivity contribution >= 4 is 0 Å². The predicted molar refractivity (Wildman–Crippen MR) is 121 cm³/mol. The SMILES string of the molecule is CC(C)CCC[C@@H](C)[C@H]1CC[C@H]2[C@@H]3CC(O)=C4C[C@@H](O)CC[C@]4(C)[C@H]3CC[C@]12C. The van der Waals surface area contributed by atoms with E-state index in [1.165, 1.54) is 50.5 Å². The van der Waals surface area contributed by atoms with E-state index in [-0.39, 0.29) is 11.5 Å². The summed E-state index contributed by atoms with van der Waals surface area (Å²) in [6, 6.07) is 0. The van der Waals surface area contributed by atoms with Gasteiger partial charge in [0, 0.05) is 6.42 Å². The van der Waals surface area contributed by atoms with Crippen LogP contribution in [0, 0.1) is 46.3 Å². The summed E-state index contributed by atoms with van der Waals surface area (Å²) in [5.41, 5.74) is 1.83. The first-order chi connectivity index (χ1) is 13.7. The van der Waals surface area contributed by atoms with Crippen molar-refractivity contribution in [3.63, 3.8) is 0 Å². The lowest BCUT2D eigenvalue weighted by Crippen LogP contribution is -2.51. The Labute approximate surface area is 179 Å². The average molecular weight is 403 g/mol. The standard InChI is InChI=1S/C27H46O2/c1-17(2)7-6-8-18(3)21-9-10-22-20-16-25(29)24-15-19(28)11-13-27(24,5)23(20)12-14-26(21,22)4/h17-23,28-29H,6-16H2,1-5H3/t18-,19+,20+,21-,22+,23+,26-,27-/m1/s1. The van der Waals surface area contributed by atoms with Gasteiger partial charge in [-0.25, -0.2) is 0 Å². The summed E-state index contributed by atoms with van der Waals surface area (Å²) in [6.45, 7) is 12.3. The third-order valence-electron chi connectivity index (χ3n) is 10.4. The molecule has 3 saturated carbocycles. The number of aliphatic hydroxyl groups is 2. The summed E-state index contributed by atoms with van der Waals surface area (Å²) >= 11 is 0. The van der Waals surface area contributed by atoms with Crippen molar-refractivity contribution in [1.29, 1.82) is 0 Å². The molecule has 4 aliphatic carbocycles. The summed E-state index contributed by atoms with van der Waals surface area (Å²) in [5, 5.41) is 21.3. The molecular formula is C27H46O2. The maximum absolute atomic E-state index is 11.0. The molecule has 0 aliphatic heterocycles. The van der Waals surface area contributed by atoms with Crippen molar-refractivity contribution < 1.29 is 10.2 Å². The molecule has 8 atom stereocenters. The largest absolute Gasteiger partial charge is 0.512 e. The fourth-order valence-electron chi connectivity index (χ4n) is 8.78. The molecule has 0 radical (unpaired) electrons. The molecule has 0 spiro atoms. The quantitative estimate of drug-likeness (QED) is 0.507. The van der Waals surface area contributed by atoms with Crippen molar-refractivity contribution in [2.45, 2.75) is 111 Å². The zero-order chi connectivity index (χ0) is 21.0. The molecule has 2 heteroatoms. The number of hydrogen-bond donors (Lipinski definition) is 2. The summed E-state index contributed by atoms with van der Waals surface area (Å²) in [5.74, 6) is 5.35. The molecule has 0 amide bonds. The maximum Gasteiger partial charge on any atom is 0.0924 e. The van der Waals surface area contributed by atoms with Gasteiger partial charge in [0.1, 0.15) is 0 Å². The van der Waals surface area contributed by atoms with E-state index in [4.69, 9.17) is 0 Å². The Kier molecular flexibility index (Phi) is 5.90. The van der Waals surface area contributed by atoms with Crippen molar-refractivity contribution in [2.24, 2.45) is 46.3 Å². The Bertz CT molecular complexity index is 636. The Morgan fingerprint density at radius 1 is 0.931 bits per heavy atom. The van der Waals surface area contributed by atoms with E-state index < -0.39 is 0 Å². The predicted octanol–water partition coefficient (Wildman–Crippen LogP) is 7.27. The van der Waals surface area contributed by atoms with E-state index in [1.54, 1.807) is 0 Å². The summed E-state index contributed by atoms with van der Waals surface area (Å²) in [7, 11) is 0. The van der Waals surface area contributed by atoms with Crippen molar-refractivity contribution in [2.75, 3.05) is 0 Å². The fourth-order valence-corrected chi connectivity index (χ4v) is 8.78. The van der Waals surface area contributed by atoms with Gasteiger partial charge in [0.15, 0.2) is 0 Å². The fraction of sp³-hybridized carbons (Fsp3) is 0.926. The highest BCUT2D eigenvalue weighted by atomic mass is 16.3. The monoisotopic (exact) mass is 402 g/mol. The molecule has 2 N–H and O–H groups in total. The van der Waals surface area contributed by atoms with Crippen LogP contribution >= 0.6 is 0 Å². The minimum Gasteiger partial charge on any atom is -0.512 e. The second-order valence-corrected chi connectivity index (χ2v) is 12.4. The third kappa shape index (κ3) is 3.60. The van der Waals surface area contributed by atoms with Crippen LogP contribution in [-0.2, 0) is 0 Å². The van der Waals surface area contributed by atoms with E-state index in [9.17, 15) is 10.2 Å². The Hall–Kier alpha value is -0.500. The van der Waals surface area contributed by atoms with E-state index in [2.05, 4.69) is 34.6 Å². The highest BCUT2D eigenvalue weighted by Crippen LogP contribution is 2.68. The van der Waals surface area contributed by atoms with Gasteiger partial charge in [0.2, 0.25) is 0 Å². The number of aliphatic hydroxyl groups excluding tert-OH is 2. The highest BCUT2D eigenvalue weighted by Gasteiger charge is 2.60. The molecule has 0 aromatic carbocycles. The van der Waals surface area contributed by atoms with Crippen LogP contribution in [0.25, 0.3) is 0 Å². The number of rotatable bonds is 5. The third-order valence-corrected chi connectivity index (χ3v) is 10.4. The van der Waals surface area contributed by atoms with Crippen LogP contribution < -0.4 is 0 Å². The van der Waals surface area contributed by atoms with Gasteiger partial charge >= 0.3 is 0 Å². The van der Waals surface area contributed by atoms with Crippen LogP contribution in [0.2, 0.25) is 0 Å². The molecule has 0 saturated heterocycles. The van der Waals surface area contributed by atoms with Crippen LogP contribution in [0.1, 0.15) is 105 Å². The average Bonchev–Trinajstić information content (AvgIpc) is 3.00. The summed E-state index contributed by atoms with van der Waals surface area (Å²) < 4.78 is 0. The molecule has 0 heterocycles. The Morgan fingerprint density at radius 2 is 1.69 bits per heavy atom. The zero-order valence-electron chi connectivity index (χ0n) is 19.7. The van der Waals surface area contributed by atoms with Crippen LogP contribution in [0.5, 0.6) is 0 Å². The second kappa shape index (κ2) is 7.88. The normalized spacial score (nSPS) is 45.7. The minimum absolute atomic E-state index is 0.133. The molecule has 4 aliphatic rings. The molecule has 0 bridgehead atoms. The van der Waals surface area contributed by atoms with Gasteiger partial charge in [-0.2, -0.15) is 0 Å². The molecule has 0 aromatic rings. The van der Waals surface area contributed by atoms with Crippen LogP contribution in [0.15, 0.2) is 11.3 Å². The first-order valence-corrected chi connectivity index (χ1v) is 12.8. The summed E-state index contributed by atoms with van der Waals surface area (Å²) in [6.07, 6.45) is 13.0. The van der Waals surface area contributed by atoms with Gasteiger partial charge in [-0.05, 0) is 96.9 Å². The van der Waals surface area contributed by atoms with Gasteiger partial charge in [-0.3, -0.25) is 0 Å². The van der Waals surface area contributed by atoms with Crippen LogP contribution in [0.3, 0.4) is 0 Å². The first kappa shape index (κ1) is 21.7. The van der Waals surface area contributed by atoms with Crippen molar-refractivity contribution in [1.82, 2.24) is 0 Å². The van der Waals surface area contributed by atoms with Crippen molar-refractivity contribution in [3.05, 3.63) is 11.3 Å². The first-order valence-electron chi connectivity index (χ1n) is 12.8. The van der Waals surface area contributed by atoms with Gasteiger partial charge < -0.3 is 10.2 Å². The Balaban J connectivity index is 1.53. The van der Waals surface area contributed by atoms with Crippen LogP contribution in [-0.4, -0.2) is 16.3 Å². The van der Waals surface area contributed by atoms with Crippen LogP contribution in [0.4, 0.5) is 0 Å². The van der Waals surface area contributed by atoms with Gasteiger partial charge in [0.25, 0.3) is 0 Å². The molecule has 29 heavy (non-hydrogen) atoms. The molecule has 0 aromatic heterocycles. The minimum atomic E-state index is -0.242. The molecule has 4 rings (SSSR count). The smallest absolute Gasteiger partial charge is 0.0924 e. The number of fused-ring (bicyclic) bond motifs is 5. The molecule has 0 unspecified atom stereocenters. The highest BCUT2D eigenvalue weighted by molar-refractivity contribution is 5.28. The van der Waals surface area contributed by atoms with E-state index in [0.29, 0.717) is 29.4 Å². The van der Waals surface area contributed by atoms with E-state index in [1.807, 2.05) is 0 Å². The van der Waals surface area contributed by atoms with Gasteiger partial charge in [0.05, 0.1) is 11.9 Å². The van der Waals surface area contributed by atoms with E-state index >= 15 is 0 Å². The Morgan fingerprint density at radius 3 is 2.41 bits per heavy atom. The van der Waals surface area contributed by atoms with Crippen molar-refractivity contribution in [3.8, 4) is 0 Å². The van der Waals surface area contributed by atoms with E-state index in [0.717, 1.165) is 42.9 Å². The van der Waals surface area contributed by atoms with Gasteiger partial charge in [-0.1, -0.05) is 53.9 Å². The molecule has 2 nitrogen and oxygen atoms in total. The lowest BCUT2D eigenvalue weighted by Gasteiger charge is -2.58. The second-order valence-electron chi connectivity index (χ2n) is 12.4. The lowest BCUT2D eigenvalue weighted by molar-refractivity contribution is -0.0663. The zero-order valence-corrected chi connectivity index (χ0v) is 19.7. The number of allylic oxidation sites excluding steroid dienone is 1. The maximum atomic E-state index is 11.0. The molecular weight excluding hydrogens is 356 g/mol. The molecule has 166 valence electrons. The lowest BCUT2D eigenvalue weighted by atomic mass is 9.46.